The molecule has 0 heterocycles. The summed E-state index contributed by atoms with van der Waals surface area (Å²) in [6.07, 6.45) is 0. The van der Waals surface area contributed by atoms with Gasteiger partial charge >= 0.3 is 0 Å². The highest BCUT2D eigenvalue weighted by atomic mass is 35.5. The number of halogens is 2. The van der Waals surface area contributed by atoms with Crippen LogP contribution in [0.1, 0.15) is 13.8 Å². The second kappa shape index (κ2) is 5.01. The molecule has 0 saturated heterocycles. The lowest BCUT2D eigenvalue weighted by molar-refractivity contribution is 0.585. The van der Waals surface area contributed by atoms with Gasteiger partial charge in [-0.2, -0.15) is 0 Å². The molecular weight excluding hydrogens is 253 g/mol. The van der Waals surface area contributed by atoms with Crippen molar-refractivity contribution in [2.45, 2.75) is 13.8 Å². The SMILES string of the molecule is CC(C)CS(=O)(=O)Nc1ccc(Cl)cc1F. The number of benzene rings is 1. The van der Waals surface area contributed by atoms with Crippen molar-refractivity contribution in [2.75, 3.05) is 10.5 Å². The molecule has 16 heavy (non-hydrogen) atoms. The van der Waals surface area contributed by atoms with Crippen molar-refractivity contribution in [2.24, 2.45) is 5.92 Å². The Kier molecular flexibility index (Phi) is 4.15. The van der Waals surface area contributed by atoms with E-state index >= 15 is 0 Å². The van der Waals surface area contributed by atoms with Crippen LogP contribution in [0.4, 0.5) is 10.1 Å². The van der Waals surface area contributed by atoms with Gasteiger partial charge in [-0.05, 0) is 24.1 Å². The first-order chi connectivity index (χ1) is 7.30. The molecule has 0 radical (unpaired) electrons. The van der Waals surface area contributed by atoms with Crippen LogP contribution in [-0.4, -0.2) is 14.2 Å². The van der Waals surface area contributed by atoms with Crippen LogP contribution in [0, 0.1) is 11.7 Å². The van der Waals surface area contributed by atoms with Crippen LogP contribution in [0.2, 0.25) is 5.02 Å². The predicted molar refractivity (Wildman–Crippen MR) is 63.7 cm³/mol. The lowest BCUT2D eigenvalue weighted by Crippen LogP contribution is -2.20. The lowest BCUT2D eigenvalue weighted by atomic mass is 10.3. The summed E-state index contributed by atoms with van der Waals surface area (Å²) >= 11 is 5.56. The van der Waals surface area contributed by atoms with Gasteiger partial charge in [0.25, 0.3) is 0 Å². The first kappa shape index (κ1) is 13.3. The number of sulfonamides is 1. The number of nitrogens with one attached hydrogen (secondary N) is 1. The van der Waals surface area contributed by atoms with E-state index in [2.05, 4.69) is 4.72 Å². The smallest absolute Gasteiger partial charge is 0.233 e. The molecule has 3 nitrogen and oxygen atoms in total. The quantitative estimate of drug-likeness (QED) is 0.910. The highest BCUT2D eigenvalue weighted by Gasteiger charge is 2.15. The third-order valence-electron chi connectivity index (χ3n) is 1.75. The molecule has 0 spiro atoms. The normalized spacial score (nSPS) is 11.8. The summed E-state index contributed by atoms with van der Waals surface area (Å²) in [5.41, 5.74) is -0.0787. The topological polar surface area (TPSA) is 46.2 Å². The lowest BCUT2D eigenvalue weighted by Gasteiger charge is -2.10. The van der Waals surface area contributed by atoms with Crippen LogP contribution in [0.15, 0.2) is 18.2 Å². The van der Waals surface area contributed by atoms with Crippen LogP contribution in [0.5, 0.6) is 0 Å². The molecule has 0 aliphatic rings. The fourth-order valence-electron chi connectivity index (χ4n) is 1.22. The monoisotopic (exact) mass is 265 g/mol. The Morgan fingerprint density at radius 2 is 2.06 bits per heavy atom. The van der Waals surface area contributed by atoms with Crippen molar-refractivity contribution in [1.29, 1.82) is 0 Å². The summed E-state index contributed by atoms with van der Waals surface area (Å²) in [5, 5.41) is 0.226. The Labute approximate surface area is 99.7 Å². The molecule has 1 aromatic rings. The van der Waals surface area contributed by atoms with Crippen LogP contribution in [0.25, 0.3) is 0 Å². The second-order valence-electron chi connectivity index (χ2n) is 3.90. The second-order valence-corrected chi connectivity index (χ2v) is 6.10. The zero-order chi connectivity index (χ0) is 12.3. The molecule has 90 valence electrons. The van der Waals surface area contributed by atoms with Gasteiger partial charge in [0.15, 0.2) is 0 Å². The van der Waals surface area contributed by atoms with Gasteiger partial charge in [-0.15, -0.1) is 0 Å². The van der Waals surface area contributed by atoms with Gasteiger partial charge in [0, 0.05) is 5.02 Å². The summed E-state index contributed by atoms with van der Waals surface area (Å²) in [5.74, 6) is -0.748. The summed E-state index contributed by atoms with van der Waals surface area (Å²) < 4.78 is 38.6. The molecule has 0 bridgehead atoms. The molecule has 0 saturated carbocycles. The Morgan fingerprint density at radius 3 is 2.56 bits per heavy atom. The van der Waals surface area contributed by atoms with E-state index in [0.29, 0.717) is 0 Å². The Balaban J connectivity index is 2.88. The average molecular weight is 266 g/mol. The zero-order valence-electron chi connectivity index (χ0n) is 9.00. The largest absolute Gasteiger partial charge is 0.281 e. The molecule has 1 rings (SSSR count). The Morgan fingerprint density at radius 1 is 1.44 bits per heavy atom. The molecular formula is C10H13ClFNO2S. The first-order valence-corrected chi connectivity index (χ1v) is 6.79. The molecule has 0 fully saturated rings. The minimum atomic E-state index is -3.50. The number of anilines is 1. The van der Waals surface area contributed by atoms with Crippen LogP contribution in [0.3, 0.4) is 0 Å². The average Bonchev–Trinajstić information content (AvgIpc) is 2.07. The maximum atomic E-state index is 13.3. The van der Waals surface area contributed by atoms with Gasteiger partial charge < -0.3 is 0 Å². The van der Waals surface area contributed by atoms with Gasteiger partial charge in [0.05, 0.1) is 11.4 Å². The predicted octanol–water partition coefficient (Wildman–Crippen LogP) is 2.88. The van der Waals surface area contributed by atoms with Crippen molar-refractivity contribution in [3.8, 4) is 0 Å². The van der Waals surface area contributed by atoms with Gasteiger partial charge in [-0.3, -0.25) is 4.72 Å². The van der Waals surface area contributed by atoms with E-state index in [9.17, 15) is 12.8 Å². The van der Waals surface area contributed by atoms with E-state index in [1.54, 1.807) is 13.8 Å². The minimum absolute atomic E-state index is 0.0205. The van der Waals surface area contributed by atoms with Crippen LogP contribution < -0.4 is 4.72 Å². The van der Waals surface area contributed by atoms with Gasteiger partial charge in [-0.1, -0.05) is 25.4 Å². The van der Waals surface area contributed by atoms with Gasteiger partial charge in [0.2, 0.25) is 10.0 Å². The van der Waals surface area contributed by atoms with Gasteiger partial charge in [-0.25, -0.2) is 12.8 Å². The van der Waals surface area contributed by atoms with E-state index in [1.165, 1.54) is 12.1 Å². The summed E-state index contributed by atoms with van der Waals surface area (Å²) in [6.45, 7) is 3.55. The molecule has 0 aliphatic carbocycles. The molecule has 1 N–H and O–H groups in total. The van der Waals surface area contributed by atoms with Crippen LogP contribution in [-0.2, 0) is 10.0 Å². The van der Waals surface area contributed by atoms with E-state index in [4.69, 9.17) is 11.6 Å². The molecule has 0 amide bonds. The maximum Gasteiger partial charge on any atom is 0.233 e. The maximum absolute atomic E-state index is 13.3. The van der Waals surface area contributed by atoms with Crippen molar-refractivity contribution in [1.82, 2.24) is 0 Å². The van der Waals surface area contributed by atoms with Crippen molar-refractivity contribution < 1.29 is 12.8 Å². The highest BCUT2D eigenvalue weighted by Crippen LogP contribution is 2.20. The Hall–Kier alpha value is -0.810. The fraction of sp³-hybridized carbons (Fsp3) is 0.400. The summed E-state index contributed by atoms with van der Waals surface area (Å²) in [6, 6.07) is 3.79. The Bertz CT molecular complexity index is 474. The van der Waals surface area contributed by atoms with Crippen molar-refractivity contribution in [3.05, 3.63) is 29.0 Å². The molecule has 0 atom stereocenters. The molecule has 0 aliphatic heterocycles. The van der Waals surface area contributed by atoms with Crippen molar-refractivity contribution >= 4 is 27.3 Å². The molecule has 0 unspecified atom stereocenters. The standard InChI is InChI=1S/C10H13ClFNO2S/c1-7(2)6-16(14,15)13-10-4-3-8(11)5-9(10)12/h3-5,7,13H,6H2,1-2H3. The first-order valence-electron chi connectivity index (χ1n) is 4.76. The molecule has 1 aromatic carbocycles. The van der Waals surface area contributed by atoms with E-state index in [0.717, 1.165) is 6.07 Å². The van der Waals surface area contributed by atoms with Crippen LogP contribution >= 0.6 is 11.6 Å². The van der Waals surface area contributed by atoms with E-state index in [1.807, 2.05) is 0 Å². The highest BCUT2D eigenvalue weighted by molar-refractivity contribution is 7.92. The number of hydrogen-bond acceptors (Lipinski definition) is 2. The summed E-state index contributed by atoms with van der Waals surface area (Å²) in [7, 11) is -3.50. The summed E-state index contributed by atoms with van der Waals surface area (Å²) in [4.78, 5) is 0. The third kappa shape index (κ3) is 3.98. The van der Waals surface area contributed by atoms with Gasteiger partial charge in [0.1, 0.15) is 5.82 Å². The molecule has 6 heteroatoms. The zero-order valence-corrected chi connectivity index (χ0v) is 10.6. The number of hydrogen-bond donors (Lipinski definition) is 1. The van der Waals surface area contributed by atoms with Crippen molar-refractivity contribution in [3.63, 3.8) is 0 Å². The number of rotatable bonds is 4. The minimum Gasteiger partial charge on any atom is -0.281 e. The van der Waals surface area contributed by atoms with E-state index < -0.39 is 15.8 Å². The fourth-order valence-corrected chi connectivity index (χ4v) is 2.84. The van der Waals surface area contributed by atoms with E-state index in [-0.39, 0.29) is 22.4 Å². The third-order valence-corrected chi connectivity index (χ3v) is 3.62. The molecule has 0 aromatic heterocycles.